The molecule has 1 unspecified atom stereocenters. The van der Waals surface area contributed by atoms with Crippen molar-refractivity contribution in [3.8, 4) is 5.75 Å². The van der Waals surface area contributed by atoms with Gasteiger partial charge >= 0.3 is 12.4 Å². The molecule has 0 bridgehead atoms. The van der Waals surface area contributed by atoms with E-state index in [9.17, 15) is 31.1 Å². The molecule has 1 atom stereocenters. The molecule has 248 valence electrons. The number of para-hydroxylation sites is 2. The number of hydrogen-bond acceptors (Lipinski definition) is 5. The van der Waals surface area contributed by atoms with Crippen LogP contribution in [0, 0.1) is 0 Å². The van der Waals surface area contributed by atoms with Gasteiger partial charge in [0, 0.05) is 46.3 Å². The van der Waals surface area contributed by atoms with E-state index in [2.05, 4.69) is 9.80 Å². The number of alkyl halides is 6. The number of carbonyl (C=O) groups is 1. The number of likely N-dealkylation sites (tertiary alicyclic amines) is 1. The van der Waals surface area contributed by atoms with Crippen LogP contribution in [-0.2, 0) is 30.2 Å². The molecule has 0 spiro atoms. The van der Waals surface area contributed by atoms with E-state index in [1.165, 1.54) is 4.90 Å². The second-order valence-electron chi connectivity index (χ2n) is 11.7. The van der Waals surface area contributed by atoms with E-state index in [4.69, 9.17) is 16.3 Å². The largest absolute Gasteiger partial charge is 0.495 e. The van der Waals surface area contributed by atoms with E-state index < -0.39 is 23.5 Å². The highest BCUT2D eigenvalue weighted by molar-refractivity contribution is 6.33. The maximum Gasteiger partial charge on any atom is 0.416 e. The summed E-state index contributed by atoms with van der Waals surface area (Å²) in [6.45, 7) is 3.59. The predicted molar refractivity (Wildman–Crippen MR) is 165 cm³/mol. The first-order chi connectivity index (χ1) is 21.7. The van der Waals surface area contributed by atoms with Gasteiger partial charge in [-0.05, 0) is 73.0 Å². The van der Waals surface area contributed by atoms with E-state index in [1.807, 2.05) is 35.2 Å². The smallest absolute Gasteiger partial charge is 0.416 e. The third-order valence-electron chi connectivity index (χ3n) is 8.54. The highest BCUT2D eigenvalue weighted by atomic mass is 35.5. The zero-order valence-corrected chi connectivity index (χ0v) is 26.2. The molecule has 0 aromatic heterocycles. The number of methoxy groups -OCH3 is 1. The highest BCUT2D eigenvalue weighted by Crippen LogP contribution is 2.37. The Morgan fingerprint density at radius 3 is 2.15 bits per heavy atom. The average molecular weight is 669 g/mol. The Hall–Kier alpha value is -3.64. The molecule has 2 aliphatic rings. The first-order valence-corrected chi connectivity index (χ1v) is 15.3. The van der Waals surface area contributed by atoms with Crippen molar-refractivity contribution in [2.45, 2.75) is 44.3 Å². The monoisotopic (exact) mass is 668 g/mol. The fraction of sp³-hybridized carbons (Fsp3) is 0.424. The van der Waals surface area contributed by atoms with Crippen molar-refractivity contribution in [1.29, 1.82) is 0 Å². The fourth-order valence-corrected chi connectivity index (χ4v) is 6.57. The summed E-state index contributed by atoms with van der Waals surface area (Å²) in [5.74, 6) is 0.894. The lowest BCUT2D eigenvalue weighted by Crippen LogP contribution is -2.53. The van der Waals surface area contributed by atoms with Crippen LogP contribution in [0.15, 0.2) is 60.7 Å². The van der Waals surface area contributed by atoms with Gasteiger partial charge in [-0.1, -0.05) is 29.8 Å². The zero-order valence-electron chi connectivity index (χ0n) is 25.5. The predicted octanol–water partition coefficient (Wildman–Crippen LogP) is 7.34. The van der Waals surface area contributed by atoms with Crippen molar-refractivity contribution in [1.82, 2.24) is 9.80 Å². The Bertz CT molecular complexity index is 1510. The molecule has 13 heteroatoms. The number of piperazine rings is 1. The van der Waals surface area contributed by atoms with Gasteiger partial charge in [0.15, 0.2) is 0 Å². The summed E-state index contributed by atoms with van der Waals surface area (Å²) in [6.07, 6.45) is -8.22. The summed E-state index contributed by atoms with van der Waals surface area (Å²) in [7, 11) is 3.19. The molecule has 2 fully saturated rings. The van der Waals surface area contributed by atoms with Gasteiger partial charge in [0.1, 0.15) is 5.75 Å². The molecule has 0 radical (unpaired) electrons. The normalized spacial score (nSPS) is 17.8. The minimum atomic E-state index is -4.92. The lowest BCUT2D eigenvalue weighted by molar-refractivity contribution is -0.143. The van der Waals surface area contributed by atoms with Crippen molar-refractivity contribution in [2.75, 3.05) is 56.7 Å². The van der Waals surface area contributed by atoms with Crippen molar-refractivity contribution >= 4 is 28.9 Å². The molecular weight excluding hydrogens is 634 g/mol. The quantitative estimate of drug-likeness (QED) is 0.235. The molecule has 2 heterocycles. The standard InChI is InChI=1S/C33H35ClF6N4O2/c1-41(20-23-16-24(32(35,36)37)19-25(17-23)33(38,39)40)27-10-9-22(18-26(27)34)21-44-11-5-7-29(44)31(45)43-14-12-42(13-15-43)28-6-3-4-8-30(28)46-2/h3-4,6,8-10,16-19,29H,5,7,11-15,20-21H2,1-2H3. The number of benzene rings is 3. The average Bonchev–Trinajstić information content (AvgIpc) is 3.47. The summed E-state index contributed by atoms with van der Waals surface area (Å²) in [6, 6.07) is 14.4. The summed E-state index contributed by atoms with van der Waals surface area (Å²) in [5, 5.41) is 0.303. The highest BCUT2D eigenvalue weighted by Gasteiger charge is 2.37. The van der Waals surface area contributed by atoms with Crippen molar-refractivity contribution < 1.29 is 35.9 Å². The molecule has 0 aliphatic carbocycles. The van der Waals surface area contributed by atoms with E-state index in [-0.39, 0.29) is 30.1 Å². The minimum absolute atomic E-state index is 0.0962. The number of ether oxygens (including phenoxy) is 1. The molecule has 2 aliphatic heterocycles. The Morgan fingerprint density at radius 1 is 0.891 bits per heavy atom. The topological polar surface area (TPSA) is 39.3 Å². The zero-order chi connectivity index (χ0) is 33.2. The van der Waals surface area contributed by atoms with Crippen LogP contribution in [0.2, 0.25) is 5.02 Å². The number of carbonyl (C=O) groups excluding carboxylic acids is 1. The van der Waals surface area contributed by atoms with E-state index in [0.29, 0.717) is 43.4 Å². The van der Waals surface area contributed by atoms with E-state index >= 15 is 0 Å². The number of amides is 1. The third-order valence-corrected chi connectivity index (χ3v) is 8.84. The molecule has 0 N–H and O–H groups in total. The molecule has 1 amide bonds. The van der Waals surface area contributed by atoms with Crippen LogP contribution >= 0.6 is 11.6 Å². The Labute approximate surface area is 269 Å². The van der Waals surface area contributed by atoms with Gasteiger partial charge < -0.3 is 19.4 Å². The van der Waals surface area contributed by atoms with Gasteiger partial charge in [0.25, 0.3) is 0 Å². The minimum Gasteiger partial charge on any atom is -0.495 e. The van der Waals surface area contributed by atoms with Gasteiger partial charge in [-0.3, -0.25) is 9.69 Å². The second-order valence-corrected chi connectivity index (χ2v) is 12.1. The molecule has 5 rings (SSSR count). The Kier molecular flexibility index (Phi) is 9.97. The van der Waals surface area contributed by atoms with Crippen LogP contribution in [0.25, 0.3) is 0 Å². The lowest BCUT2D eigenvalue weighted by Gasteiger charge is -2.38. The van der Waals surface area contributed by atoms with Gasteiger partial charge in [0.2, 0.25) is 5.91 Å². The van der Waals surface area contributed by atoms with Crippen molar-refractivity contribution in [2.24, 2.45) is 0 Å². The van der Waals surface area contributed by atoms with Crippen LogP contribution in [0.5, 0.6) is 5.75 Å². The van der Waals surface area contributed by atoms with Gasteiger partial charge in [-0.15, -0.1) is 0 Å². The van der Waals surface area contributed by atoms with Gasteiger partial charge in [0.05, 0.1) is 40.7 Å². The maximum atomic E-state index is 13.6. The number of hydrogen-bond donors (Lipinski definition) is 0. The number of nitrogens with zero attached hydrogens (tertiary/aromatic N) is 4. The summed E-state index contributed by atoms with van der Waals surface area (Å²) in [4.78, 5) is 21.4. The maximum absolute atomic E-state index is 13.6. The summed E-state index contributed by atoms with van der Waals surface area (Å²) >= 11 is 6.58. The van der Waals surface area contributed by atoms with Crippen LogP contribution in [0.4, 0.5) is 37.7 Å². The molecule has 2 saturated heterocycles. The van der Waals surface area contributed by atoms with E-state index in [0.717, 1.165) is 48.5 Å². The van der Waals surface area contributed by atoms with Crippen LogP contribution in [-0.4, -0.2) is 68.6 Å². The molecule has 6 nitrogen and oxygen atoms in total. The van der Waals surface area contributed by atoms with Crippen molar-refractivity contribution in [3.05, 3.63) is 87.9 Å². The van der Waals surface area contributed by atoms with Gasteiger partial charge in [-0.25, -0.2) is 0 Å². The Morgan fingerprint density at radius 2 is 1.54 bits per heavy atom. The number of halogens is 7. The summed E-state index contributed by atoms with van der Waals surface area (Å²) in [5.41, 5.74) is -0.557. The van der Waals surface area contributed by atoms with Crippen LogP contribution in [0.1, 0.15) is 35.1 Å². The SMILES string of the molecule is COc1ccccc1N1CCN(C(=O)C2CCCN2Cc2ccc(N(C)Cc3cc(C(F)(F)F)cc(C(F)(F)F)c3)c(Cl)c2)CC1. The second kappa shape index (κ2) is 13.6. The Balaban J connectivity index is 1.22. The molecule has 0 saturated carbocycles. The van der Waals surface area contributed by atoms with Crippen LogP contribution in [0.3, 0.4) is 0 Å². The third kappa shape index (κ3) is 7.66. The molecule has 3 aromatic carbocycles. The fourth-order valence-electron chi connectivity index (χ4n) is 6.23. The first kappa shape index (κ1) is 33.7. The molecule has 46 heavy (non-hydrogen) atoms. The lowest BCUT2D eigenvalue weighted by atomic mass is 10.0. The number of anilines is 2. The first-order valence-electron chi connectivity index (χ1n) is 14.9. The van der Waals surface area contributed by atoms with Gasteiger partial charge in [-0.2, -0.15) is 26.3 Å². The molecular formula is C33H35ClF6N4O2. The van der Waals surface area contributed by atoms with E-state index in [1.54, 1.807) is 26.3 Å². The number of rotatable bonds is 8. The van der Waals surface area contributed by atoms with Crippen molar-refractivity contribution in [3.63, 3.8) is 0 Å². The van der Waals surface area contributed by atoms with Crippen LogP contribution < -0.4 is 14.5 Å². The summed E-state index contributed by atoms with van der Waals surface area (Å²) < 4.78 is 85.4. The molecule has 3 aromatic rings.